The van der Waals surface area contributed by atoms with Crippen LogP contribution >= 0.6 is 11.6 Å². The minimum Gasteiger partial charge on any atom is -0.345 e. The molecule has 0 atom stereocenters. The summed E-state index contributed by atoms with van der Waals surface area (Å²) in [6.07, 6.45) is 2.15. The largest absolute Gasteiger partial charge is 0.345 e. The van der Waals surface area contributed by atoms with Gasteiger partial charge in [-0.25, -0.2) is 0 Å². The van der Waals surface area contributed by atoms with E-state index in [-0.39, 0.29) is 0 Å². The number of aryl methyl sites for hydroxylation is 1. The van der Waals surface area contributed by atoms with Gasteiger partial charge in [-0.15, -0.1) is 0 Å². The van der Waals surface area contributed by atoms with Crippen LogP contribution in [0.25, 0.3) is 10.9 Å². The SMILES string of the molecule is Cc1c(Cc2ccccc2)c2cc(Cl)ccc2n1CCC(C)C. The van der Waals surface area contributed by atoms with Crippen molar-refractivity contribution < 1.29 is 0 Å². The zero-order valence-corrected chi connectivity index (χ0v) is 14.9. The molecule has 0 unspecified atom stereocenters. The summed E-state index contributed by atoms with van der Waals surface area (Å²) in [6.45, 7) is 7.87. The van der Waals surface area contributed by atoms with Crippen molar-refractivity contribution in [3.63, 3.8) is 0 Å². The van der Waals surface area contributed by atoms with Gasteiger partial charge in [0, 0.05) is 28.2 Å². The molecule has 0 aliphatic rings. The Balaban J connectivity index is 2.08. The van der Waals surface area contributed by atoms with E-state index in [1.165, 1.54) is 34.1 Å². The smallest absolute Gasteiger partial charge is 0.0486 e. The first-order chi connectivity index (χ1) is 11.1. The van der Waals surface area contributed by atoms with Crippen LogP contribution in [0.1, 0.15) is 37.1 Å². The summed E-state index contributed by atoms with van der Waals surface area (Å²) in [6, 6.07) is 17.0. The maximum Gasteiger partial charge on any atom is 0.0486 e. The van der Waals surface area contributed by atoms with Gasteiger partial charge in [0.15, 0.2) is 0 Å². The zero-order valence-electron chi connectivity index (χ0n) is 14.1. The van der Waals surface area contributed by atoms with E-state index >= 15 is 0 Å². The van der Waals surface area contributed by atoms with Crippen molar-refractivity contribution >= 4 is 22.5 Å². The number of aromatic nitrogens is 1. The van der Waals surface area contributed by atoms with E-state index in [2.05, 4.69) is 67.8 Å². The van der Waals surface area contributed by atoms with E-state index in [1.807, 2.05) is 6.07 Å². The Morgan fingerprint density at radius 2 is 1.78 bits per heavy atom. The molecule has 0 spiro atoms. The van der Waals surface area contributed by atoms with Gasteiger partial charge in [0.1, 0.15) is 0 Å². The Kier molecular flexibility index (Phi) is 4.77. The lowest BCUT2D eigenvalue weighted by Crippen LogP contribution is -2.04. The van der Waals surface area contributed by atoms with E-state index in [4.69, 9.17) is 11.6 Å². The summed E-state index contributed by atoms with van der Waals surface area (Å²) in [7, 11) is 0. The van der Waals surface area contributed by atoms with Crippen LogP contribution in [-0.4, -0.2) is 4.57 Å². The van der Waals surface area contributed by atoms with Crippen LogP contribution in [0.15, 0.2) is 48.5 Å². The van der Waals surface area contributed by atoms with Crippen LogP contribution in [0.5, 0.6) is 0 Å². The molecular formula is C21H24ClN. The highest BCUT2D eigenvalue weighted by Crippen LogP contribution is 2.31. The van der Waals surface area contributed by atoms with Crippen molar-refractivity contribution in [1.82, 2.24) is 4.57 Å². The molecule has 1 heterocycles. The highest BCUT2D eigenvalue weighted by Gasteiger charge is 2.15. The fourth-order valence-corrected chi connectivity index (χ4v) is 3.39. The molecule has 1 aromatic heterocycles. The topological polar surface area (TPSA) is 4.93 Å². The number of benzene rings is 2. The average Bonchev–Trinajstić information content (AvgIpc) is 2.78. The standard InChI is InChI=1S/C21H24ClN/c1-15(2)11-12-23-16(3)19(13-17-7-5-4-6-8-17)20-14-18(22)9-10-21(20)23/h4-10,14-15H,11-13H2,1-3H3. The number of hydrogen-bond donors (Lipinski definition) is 0. The van der Waals surface area contributed by atoms with Crippen LogP contribution in [0, 0.1) is 12.8 Å². The Hall–Kier alpha value is -1.73. The fraction of sp³-hybridized carbons (Fsp3) is 0.333. The number of halogens is 1. The number of fused-ring (bicyclic) bond motifs is 1. The monoisotopic (exact) mass is 325 g/mol. The highest BCUT2D eigenvalue weighted by atomic mass is 35.5. The van der Waals surface area contributed by atoms with Crippen molar-refractivity contribution in [2.45, 2.75) is 40.2 Å². The van der Waals surface area contributed by atoms with Crippen LogP contribution in [0.2, 0.25) is 5.02 Å². The molecule has 0 amide bonds. The van der Waals surface area contributed by atoms with Crippen LogP contribution in [-0.2, 0) is 13.0 Å². The minimum atomic E-state index is 0.705. The molecular weight excluding hydrogens is 302 g/mol. The van der Waals surface area contributed by atoms with E-state index in [9.17, 15) is 0 Å². The summed E-state index contributed by atoms with van der Waals surface area (Å²) < 4.78 is 2.46. The zero-order chi connectivity index (χ0) is 16.4. The Bertz CT molecular complexity index is 800. The molecule has 120 valence electrons. The molecule has 0 fully saturated rings. The second-order valence-corrected chi connectivity index (χ2v) is 7.16. The average molecular weight is 326 g/mol. The molecule has 1 nitrogen and oxygen atoms in total. The molecule has 23 heavy (non-hydrogen) atoms. The summed E-state index contributed by atoms with van der Waals surface area (Å²) in [5.74, 6) is 0.705. The maximum absolute atomic E-state index is 6.27. The van der Waals surface area contributed by atoms with Crippen molar-refractivity contribution in [3.8, 4) is 0 Å². The number of nitrogens with zero attached hydrogens (tertiary/aromatic N) is 1. The van der Waals surface area contributed by atoms with E-state index in [0.29, 0.717) is 5.92 Å². The van der Waals surface area contributed by atoms with Gasteiger partial charge in [-0.1, -0.05) is 55.8 Å². The van der Waals surface area contributed by atoms with Gasteiger partial charge >= 0.3 is 0 Å². The van der Waals surface area contributed by atoms with Gasteiger partial charge in [-0.3, -0.25) is 0 Å². The van der Waals surface area contributed by atoms with Crippen LogP contribution in [0.3, 0.4) is 0 Å². The Morgan fingerprint density at radius 1 is 1.04 bits per heavy atom. The first-order valence-corrected chi connectivity index (χ1v) is 8.75. The van der Waals surface area contributed by atoms with Crippen molar-refractivity contribution in [2.24, 2.45) is 5.92 Å². The lowest BCUT2D eigenvalue weighted by atomic mass is 10.0. The molecule has 0 saturated heterocycles. The maximum atomic E-state index is 6.27. The molecule has 0 aliphatic carbocycles. The van der Waals surface area contributed by atoms with Gasteiger partial charge in [-0.2, -0.15) is 0 Å². The normalized spacial score (nSPS) is 11.5. The molecule has 2 heteroatoms. The summed E-state index contributed by atoms with van der Waals surface area (Å²) in [4.78, 5) is 0. The third-order valence-electron chi connectivity index (χ3n) is 4.57. The molecule has 0 aliphatic heterocycles. The number of hydrogen-bond acceptors (Lipinski definition) is 0. The molecule has 0 N–H and O–H groups in total. The molecule has 0 saturated carbocycles. The first kappa shape index (κ1) is 16.1. The molecule has 2 aromatic carbocycles. The second kappa shape index (κ2) is 6.80. The predicted molar refractivity (Wildman–Crippen MR) is 100 cm³/mol. The van der Waals surface area contributed by atoms with Crippen LogP contribution in [0.4, 0.5) is 0 Å². The quantitative estimate of drug-likeness (QED) is 0.523. The molecule has 0 bridgehead atoms. The van der Waals surface area contributed by atoms with E-state index in [1.54, 1.807) is 0 Å². The van der Waals surface area contributed by atoms with E-state index in [0.717, 1.165) is 18.0 Å². The summed E-state index contributed by atoms with van der Waals surface area (Å²) in [5.41, 5.74) is 5.42. The van der Waals surface area contributed by atoms with Crippen molar-refractivity contribution in [3.05, 3.63) is 70.4 Å². The van der Waals surface area contributed by atoms with Gasteiger partial charge in [0.2, 0.25) is 0 Å². The van der Waals surface area contributed by atoms with Gasteiger partial charge in [-0.05, 0) is 55.0 Å². The van der Waals surface area contributed by atoms with Crippen molar-refractivity contribution in [1.29, 1.82) is 0 Å². The molecule has 3 aromatic rings. The van der Waals surface area contributed by atoms with Gasteiger partial charge in [0.25, 0.3) is 0 Å². The second-order valence-electron chi connectivity index (χ2n) is 6.72. The van der Waals surface area contributed by atoms with Gasteiger partial charge in [0.05, 0.1) is 0 Å². The number of rotatable bonds is 5. The fourth-order valence-electron chi connectivity index (χ4n) is 3.22. The van der Waals surface area contributed by atoms with Gasteiger partial charge < -0.3 is 4.57 Å². The summed E-state index contributed by atoms with van der Waals surface area (Å²) in [5, 5.41) is 2.11. The lowest BCUT2D eigenvalue weighted by molar-refractivity contribution is 0.519. The molecule has 0 radical (unpaired) electrons. The van der Waals surface area contributed by atoms with Crippen LogP contribution < -0.4 is 0 Å². The third-order valence-corrected chi connectivity index (χ3v) is 4.81. The first-order valence-electron chi connectivity index (χ1n) is 8.37. The van der Waals surface area contributed by atoms with E-state index < -0.39 is 0 Å². The summed E-state index contributed by atoms with van der Waals surface area (Å²) >= 11 is 6.27. The Labute approximate surface area is 143 Å². The Morgan fingerprint density at radius 3 is 2.48 bits per heavy atom. The minimum absolute atomic E-state index is 0.705. The third kappa shape index (κ3) is 3.45. The lowest BCUT2D eigenvalue weighted by Gasteiger charge is -2.11. The predicted octanol–water partition coefficient (Wildman–Crippen LogP) is 6.24. The highest BCUT2D eigenvalue weighted by molar-refractivity contribution is 6.31. The molecule has 3 rings (SSSR count). The van der Waals surface area contributed by atoms with Crippen molar-refractivity contribution in [2.75, 3.05) is 0 Å².